The van der Waals surface area contributed by atoms with E-state index >= 15 is 0 Å². The van der Waals surface area contributed by atoms with Crippen LogP contribution in [0.1, 0.15) is 27.2 Å². The second-order valence-corrected chi connectivity index (χ2v) is 4.71. The van der Waals surface area contributed by atoms with Crippen LogP contribution in [0, 0.1) is 5.82 Å². The number of nitrogens with zero attached hydrogens (tertiary/aromatic N) is 1. The summed E-state index contributed by atoms with van der Waals surface area (Å²) < 4.78 is 13.0. The molecule has 3 N–H and O–H groups in total. The summed E-state index contributed by atoms with van der Waals surface area (Å²) in [6.45, 7) is 6.76. The molecule has 1 unspecified atom stereocenters. The van der Waals surface area contributed by atoms with Gasteiger partial charge in [0.25, 0.3) is 0 Å². The Morgan fingerprint density at radius 1 is 1.38 bits per heavy atom. The van der Waals surface area contributed by atoms with Gasteiger partial charge in [0.15, 0.2) is 5.96 Å². The van der Waals surface area contributed by atoms with Gasteiger partial charge in [-0.05, 0) is 38.5 Å². The number of hydrogen-bond acceptors (Lipinski definition) is 2. The maximum absolute atomic E-state index is 13.0. The largest absolute Gasteiger partial charge is 0.357 e. The van der Waals surface area contributed by atoms with Crippen LogP contribution in [0.15, 0.2) is 29.3 Å². The van der Waals surface area contributed by atoms with Gasteiger partial charge >= 0.3 is 0 Å². The SMILES string of the molecule is CCNC(=NCC(=O)Nc1cccc(F)c1)NC(C)CC. The number of hydrogen-bond donors (Lipinski definition) is 3. The van der Waals surface area contributed by atoms with Gasteiger partial charge in [-0.25, -0.2) is 9.38 Å². The fourth-order valence-corrected chi connectivity index (χ4v) is 1.57. The van der Waals surface area contributed by atoms with Crippen LogP contribution >= 0.6 is 0 Å². The van der Waals surface area contributed by atoms with Gasteiger partial charge in [-0.2, -0.15) is 0 Å². The zero-order valence-electron chi connectivity index (χ0n) is 12.7. The van der Waals surface area contributed by atoms with E-state index in [-0.39, 0.29) is 24.3 Å². The van der Waals surface area contributed by atoms with Crippen LogP contribution in [0.3, 0.4) is 0 Å². The number of carbonyl (C=O) groups is 1. The van der Waals surface area contributed by atoms with Gasteiger partial charge in [-0.3, -0.25) is 4.79 Å². The number of guanidine groups is 1. The van der Waals surface area contributed by atoms with Crippen molar-refractivity contribution in [2.75, 3.05) is 18.4 Å². The van der Waals surface area contributed by atoms with E-state index in [2.05, 4.69) is 27.9 Å². The van der Waals surface area contributed by atoms with Gasteiger partial charge in [-0.15, -0.1) is 0 Å². The van der Waals surface area contributed by atoms with Crippen molar-refractivity contribution < 1.29 is 9.18 Å². The van der Waals surface area contributed by atoms with Crippen LogP contribution < -0.4 is 16.0 Å². The lowest BCUT2D eigenvalue weighted by Crippen LogP contribution is -2.42. The third-order valence-electron chi connectivity index (χ3n) is 2.83. The molecule has 5 nitrogen and oxygen atoms in total. The highest BCUT2D eigenvalue weighted by Gasteiger charge is 2.05. The quantitative estimate of drug-likeness (QED) is 0.556. The number of nitrogens with one attached hydrogen (secondary N) is 3. The molecule has 0 saturated heterocycles. The zero-order valence-corrected chi connectivity index (χ0v) is 12.7. The Hall–Kier alpha value is -2.11. The van der Waals surface area contributed by atoms with Gasteiger partial charge in [0.05, 0.1) is 0 Å². The van der Waals surface area contributed by atoms with Gasteiger partial charge in [0.1, 0.15) is 12.4 Å². The molecule has 1 rings (SSSR count). The third-order valence-corrected chi connectivity index (χ3v) is 2.83. The molecule has 21 heavy (non-hydrogen) atoms. The van der Waals surface area contributed by atoms with Gasteiger partial charge in [-0.1, -0.05) is 13.0 Å². The molecule has 0 aliphatic rings. The molecule has 0 fully saturated rings. The van der Waals surface area contributed by atoms with Gasteiger partial charge < -0.3 is 16.0 Å². The molecule has 0 heterocycles. The van der Waals surface area contributed by atoms with E-state index in [4.69, 9.17) is 0 Å². The Labute approximate surface area is 125 Å². The number of benzene rings is 1. The molecule has 1 atom stereocenters. The monoisotopic (exact) mass is 294 g/mol. The summed E-state index contributed by atoms with van der Waals surface area (Å²) in [6, 6.07) is 6.04. The van der Waals surface area contributed by atoms with E-state index in [1.165, 1.54) is 12.1 Å². The molecule has 0 aliphatic heterocycles. The van der Waals surface area contributed by atoms with Crippen molar-refractivity contribution in [3.05, 3.63) is 30.1 Å². The van der Waals surface area contributed by atoms with Gasteiger partial charge in [0, 0.05) is 18.3 Å². The first-order chi connectivity index (χ1) is 10.0. The predicted octanol–water partition coefficient (Wildman–Crippen LogP) is 2.12. The molecule has 1 amide bonds. The van der Waals surface area contributed by atoms with E-state index in [9.17, 15) is 9.18 Å². The Morgan fingerprint density at radius 2 is 2.14 bits per heavy atom. The molecular formula is C15H23FN4O. The average molecular weight is 294 g/mol. The minimum atomic E-state index is -0.386. The summed E-state index contributed by atoms with van der Waals surface area (Å²) in [4.78, 5) is 16.0. The number of carbonyl (C=O) groups excluding carboxylic acids is 1. The first-order valence-corrected chi connectivity index (χ1v) is 7.15. The minimum absolute atomic E-state index is 0.0255. The molecular weight excluding hydrogens is 271 g/mol. The molecule has 6 heteroatoms. The summed E-state index contributed by atoms with van der Waals surface area (Å²) in [5.41, 5.74) is 0.426. The summed E-state index contributed by atoms with van der Waals surface area (Å²) in [6.07, 6.45) is 0.958. The van der Waals surface area contributed by atoms with Crippen LogP contribution in [-0.4, -0.2) is 31.0 Å². The Balaban J connectivity index is 2.56. The second kappa shape index (κ2) is 8.94. The Bertz CT molecular complexity index is 490. The fourth-order valence-electron chi connectivity index (χ4n) is 1.57. The fraction of sp³-hybridized carbons (Fsp3) is 0.467. The van der Waals surface area contributed by atoms with E-state index < -0.39 is 0 Å². The topological polar surface area (TPSA) is 65.5 Å². The second-order valence-electron chi connectivity index (χ2n) is 4.71. The highest BCUT2D eigenvalue weighted by atomic mass is 19.1. The van der Waals surface area contributed by atoms with Crippen LogP contribution in [0.5, 0.6) is 0 Å². The number of aliphatic imine (C=N–C) groups is 1. The molecule has 1 aromatic rings. The van der Waals surface area contributed by atoms with Crippen LogP contribution in [0.2, 0.25) is 0 Å². The molecule has 1 aromatic carbocycles. The number of amides is 1. The molecule has 0 aliphatic carbocycles. The first-order valence-electron chi connectivity index (χ1n) is 7.15. The normalized spacial score (nSPS) is 12.7. The smallest absolute Gasteiger partial charge is 0.246 e. The molecule has 0 aromatic heterocycles. The maximum Gasteiger partial charge on any atom is 0.246 e. The summed E-state index contributed by atoms with van der Waals surface area (Å²) in [5, 5.41) is 8.88. The molecule has 0 spiro atoms. The third kappa shape index (κ3) is 6.74. The van der Waals surface area contributed by atoms with Crippen molar-refractivity contribution in [3.8, 4) is 0 Å². The highest BCUT2D eigenvalue weighted by Crippen LogP contribution is 2.08. The minimum Gasteiger partial charge on any atom is -0.357 e. The lowest BCUT2D eigenvalue weighted by atomic mass is 10.3. The summed E-state index contributed by atoms with van der Waals surface area (Å²) in [7, 11) is 0. The van der Waals surface area contributed by atoms with Crippen molar-refractivity contribution in [3.63, 3.8) is 0 Å². The summed E-state index contributed by atoms with van der Waals surface area (Å²) >= 11 is 0. The van der Waals surface area contributed by atoms with Crippen molar-refractivity contribution in [1.29, 1.82) is 0 Å². The average Bonchev–Trinajstić information content (AvgIpc) is 2.45. The van der Waals surface area contributed by atoms with Crippen molar-refractivity contribution >= 4 is 17.6 Å². The van der Waals surface area contributed by atoms with Crippen molar-refractivity contribution in [2.45, 2.75) is 33.2 Å². The lowest BCUT2D eigenvalue weighted by molar-refractivity contribution is -0.114. The number of halogens is 1. The standard InChI is InChI=1S/C15H23FN4O/c1-4-11(3)19-15(17-5-2)18-10-14(21)20-13-8-6-7-12(16)9-13/h6-9,11H,4-5,10H2,1-3H3,(H,20,21)(H2,17,18,19). The predicted molar refractivity (Wildman–Crippen MR) is 83.9 cm³/mol. The van der Waals surface area contributed by atoms with E-state index in [1.807, 2.05) is 13.8 Å². The number of anilines is 1. The van der Waals surface area contributed by atoms with Crippen LogP contribution in [0.4, 0.5) is 10.1 Å². The van der Waals surface area contributed by atoms with Crippen molar-refractivity contribution in [1.82, 2.24) is 10.6 Å². The van der Waals surface area contributed by atoms with E-state index in [0.29, 0.717) is 18.2 Å². The van der Waals surface area contributed by atoms with Gasteiger partial charge in [0.2, 0.25) is 5.91 Å². The van der Waals surface area contributed by atoms with Crippen LogP contribution in [-0.2, 0) is 4.79 Å². The highest BCUT2D eigenvalue weighted by molar-refractivity contribution is 5.94. The molecule has 0 saturated carbocycles. The van der Waals surface area contributed by atoms with Crippen LogP contribution in [0.25, 0.3) is 0 Å². The summed E-state index contributed by atoms with van der Waals surface area (Å²) in [5.74, 6) is -0.0775. The Kier molecular flexibility index (Phi) is 7.21. The maximum atomic E-state index is 13.0. The molecule has 116 valence electrons. The number of rotatable bonds is 6. The van der Waals surface area contributed by atoms with E-state index in [0.717, 1.165) is 6.42 Å². The Morgan fingerprint density at radius 3 is 2.76 bits per heavy atom. The first kappa shape index (κ1) is 16.9. The lowest BCUT2D eigenvalue weighted by Gasteiger charge is -2.16. The zero-order chi connectivity index (χ0) is 15.7. The molecule has 0 bridgehead atoms. The van der Waals surface area contributed by atoms with Crippen molar-refractivity contribution in [2.24, 2.45) is 4.99 Å². The van der Waals surface area contributed by atoms with E-state index in [1.54, 1.807) is 12.1 Å². The molecule has 0 radical (unpaired) electrons.